The Hall–Kier alpha value is -1.50. The van der Waals surface area contributed by atoms with Crippen molar-refractivity contribution in [1.82, 2.24) is 15.5 Å². The maximum Gasteiger partial charge on any atom is 0.313 e. The van der Waals surface area contributed by atoms with Crippen LogP contribution in [-0.4, -0.2) is 87.6 Å². The van der Waals surface area contributed by atoms with E-state index >= 15 is 0 Å². The largest absolute Gasteiger partial charge is 0.392 e. The Morgan fingerprint density at radius 3 is 1.50 bits per heavy atom. The molecule has 0 rings (SSSR count). The van der Waals surface area contributed by atoms with Crippen LogP contribution in [0.5, 0.6) is 0 Å². The Bertz CT molecular complexity index is 486. The Kier molecular flexibility index (Phi) is 11.3. The zero-order chi connectivity index (χ0) is 20.4. The number of nitrogens with zero attached hydrogens (tertiary/aromatic N) is 1. The molecule has 26 heavy (non-hydrogen) atoms. The van der Waals surface area contributed by atoms with Crippen molar-refractivity contribution in [1.29, 1.82) is 0 Å². The molecule has 0 aromatic carbocycles. The predicted molar refractivity (Wildman–Crippen MR) is 101 cm³/mol. The molecule has 4 atom stereocenters. The van der Waals surface area contributed by atoms with Crippen LogP contribution in [0.1, 0.15) is 13.8 Å². The number of thiol groups is 2. The number of rotatable bonds is 10. The monoisotopic (exact) mass is 410 g/mol. The van der Waals surface area contributed by atoms with Crippen molar-refractivity contribution in [2.45, 2.75) is 38.1 Å². The number of nitrogens with two attached hydrogens (primary N) is 1. The van der Waals surface area contributed by atoms with E-state index in [1.165, 1.54) is 13.8 Å². The van der Waals surface area contributed by atoms with Crippen molar-refractivity contribution in [2.24, 2.45) is 5.73 Å². The van der Waals surface area contributed by atoms with Crippen molar-refractivity contribution in [3.05, 3.63) is 0 Å². The zero-order valence-corrected chi connectivity index (χ0v) is 16.4. The fourth-order valence-corrected chi connectivity index (χ4v) is 2.64. The molecule has 10 nitrogen and oxygen atoms in total. The molecule has 6 N–H and O–H groups in total. The van der Waals surface area contributed by atoms with Crippen LogP contribution in [0.2, 0.25) is 0 Å². The summed E-state index contributed by atoms with van der Waals surface area (Å²) in [6, 6.07) is -2.60. The Labute approximate surface area is 162 Å². The quantitative estimate of drug-likeness (QED) is 0.149. The maximum atomic E-state index is 12.3. The Morgan fingerprint density at radius 2 is 1.27 bits per heavy atom. The highest BCUT2D eigenvalue weighted by atomic mass is 32.1. The molecule has 0 aliphatic carbocycles. The van der Waals surface area contributed by atoms with Crippen LogP contribution in [-0.2, 0) is 19.2 Å². The molecule has 0 aromatic rings. The van der Waals surface area contributed by atoms with Crippen molar-refractivity contribution in [3.63, 3.8) is 0 Å². The summed E-state index contributed by atoms with van der Waals surface area (Å²) in [6.45, 7) is 2.70. The fraction of sp³-hybridized carbons (Fsp3) is 0.714. The van der Waals surface area contributed by atoms with E-state index < -0.39 is 47.9 Å². The minimum atomic E-state index is -1.35. The number of aliphatic hydroxyl groups excluding tert-OH is 2. The highest BCUT2D eigenvalue weighted by Gasteiger charge is 2.39. The lowest BCUT2D eigenvalue weighted by atomic mass is 10.1. The van der Waals surface area contributed by atoms with Gasteiger partial charge in [-0.15, -0.1) is 0 Å². The first kappa shape index (κ1) is 24.5. The van der Waals surface area contributed by atoms with Gasteiger partial charge in [0, 0.05) is 24.6 Å². The van der Waals surface area contributed by atoms with Crippen LogP contribution in [0, 0.1) is 0 Å². The van der Waals surface area contributed by atoms with Gasteiger partial charge in [-0.1, -0.05) is 0 Å². The molecule has 0 aromatic heterocycles. The summed E-state index contributed by atoms with van der Waals surface area (Å²) in [5.74, 6) is -4.45. The van der Waals surface area contributed by atoms with Gasteiger partial charge >= 0.3 is 11.8 Å². The number of carbonyl (C=O) groups excluding carboxylic acids is 4. The lowest BCUT2D eigenvalue weighted by Crippen LogP contribution is -2.62. The summed E-state index contributed by atoms with van der Waals surface area (Å²) in [5.41, 5.74) is 5.04. The van der Waals surface area contributed by atoms with Gasteiger partial charge in [-0.3, -0.25) is 19.2 Å². The van der Waals surface area contributed by atoms with Gasteiger partial charge in [-0.05, 0) is 13.8 Å². The van der Waals surface area contributed by atoms with Gasteiger partial charge < -0.3 is 31.5 Å². The number of aliphatic hydroxyl groups is 2. The van der Waals surface area contributed by atoms with E-state index in [2.05, 4.69) is 35.9 Å². The van der Waals surface area contributed by atoms with Crippen molar-refractivity contribution < 1.29 is 29.4 Å². The van der Waals surface area contributed by atoms with Crippen molar-refractivity contribution in [2.75, 3.05) is 24.6 Å². The Morgan fingerprint density at radius 1 is 0.923 bits per heavy atom. The van der Waals surface area contributed by atoms with E-state index in [4.69, 9.17) is 5.73 Å². The third kappa shape index (κ3) is 7.81. The van der Waals surface area contributed by atoms with Crippen LogP contribution >= 0.6 is 25.3 Å². The normalized spacial score (nSPS) is 15.3. The predicted octanol–water partition coefficient (Wildman–Crippen LogP) is -3.11. The summed E-state index contributed by atoms with van der Waals surface area (Å²) < 4.78 is 0. The molecule has 0 aliphatic rings. The number of amides is 4. The van der Waals surface area contributed by atoms with Gasteiger partial charge in [0.15, 0.2) is 0 Å². The van der Waals surface area contributed by atoms with E-state index in [1.807, 2.05) is 0 Å². The second kappa shape index (κ2) is 12.0. The summed E-state index contributed by atoms with van der Waals surface area (Å²) in [4.78, 5) is 49.1. The highest BCUT2D eigenvalue weighted by Crippen LogP contribution is 2.12. The third-order valence-corrected chi connectivity index (χ3v) is 3.90. The Balaban J connectivity index is 5.63. The highest BCUT2D eigenvalue weighted by molar-refractivity contribution is 7.80. The smallest absolute Gasteiger partial charge is 0.313 e. The first-order chi connectivity index (χ1) is 12.1. The van der Waals surface area contributed by atoms with Crippen molar-refractivity contribution >= 4 is 48.9 Å². The van der Waals surface area contributed by atoms with E-state index in [1.54, 1.807) is 0 Å². The maximum absolute atomic E-state index is 12.3. The summed E-state index contributed by atoms with van der Waals surface area (Å²) >= 11 is 8.05. The molecule has 12 heteroatoms. The van der Waals surface area contributed by atoms with E-state index in [-0.39, 0.29) is 24.6 Å². The van der Waals surface area contributed by atoms with Gasteiger partial charge in [-0.2, -0.15) is 25.3 Å². The number of primary amides is 1. The lowest BCUT2D eigenvalue weighted by molar-refractivity contribution is -0.152. The summed E-state index contributed by atoms with van der Waals surface area (Å²) in [5, 5.41) is 23.3. The molecule has 4 unspecified atom stereocenters. The topological polar surface area (TPSA) is 162 Å². The van der Waals surface area contributed by atoms with Crippen LogP contribution < -0.4 is 16.4 Å². The molecule has 0 saturated heterocycles. The molecule has 0 spiro atoms. The SMILES string of the molecule is CC(O)CNC(=O)C(CS)N(C(=O)C(N)=O)C(CS)C(=O)NCC(C)O. The molecule has 0 fully saturated rings. The number of hydrogen-bond acceptors (Lipinski definition) is 8. The van der Waals surface area contributed by atoms with Gasteiger partial charge in [0.2, 0.25) is 11.8 Å². The minimum Gasteiger partial charge on any atom is -0.392 e. The van der Waals surface area contributed by atoms with E-state index in [0.717, 1.165) is 4.90 Å². The molecule has 0 aliphatic heterocycles. The average molecular weight is 411 g/mol. The van der Waals surface area contributed by atoms with Gasteiger partial charge in [0.05, 0.1) is 12.2 Å². The van der Waals surface area contributed by atoms with Gasteiger partial charge in [-0.25, -0.2) is 0 Å². The van der Waals surface area contributed by atoms with Gasteiger partial charge in [0.25, 0.3) is 0 Å². The first-order valence-corrected chi connectivity index (χ1v) is 9.08. The first-order valence-electron chi connectivity index (χ1n) is 7.82. The van der Waals surface area contributed by atoms with Crippen LogP contribution in [0.25, 0.3) is 0 Å². The average Bonchev–Trinajstić information content (AvgIpc) is 2.56. The standard InChI is InChI=1S/C14H26N4O6S2/c1-7(19)3-16-12(22)9(5-25)18(14(24)11(15)21)10(6-26)13(23)17-4-8(2)20/h7-10,19-20,25-26H,3-6H2,1-2H3,(H2,15,21)(H,16,22)(H,17,23). The molecular formula is C14H26N4O6S2. The lowest BCUT2D eigenvalue weighted by Gasteiger charge is -2.34. The van der Waals surface area contributed by atoms with E-state index in [0.29, 0.717) is 0 Å². The number of carbonyl (C=O) groups is 4. The van der Waals surface area contributed by atoms with Gasteiger partial charge in [0.1, 0.15) is 12.1 Å². The third-order valence-electron chi connectivity index (χ3n) is 3.21. The van der Waals surface area contributed by atoms with E-state index in [9.17, 15) is 29.4 Å². The second-order valence-electron chi connectivity index (χ2n) is 5.66. The molecular weight excluding hydrogens is 384 g/mol. The van der Waals surface area contributed by atoms with Crippen molar-refractivity contribution in [3.8, 4) is 0 Å². The zero-order valence-electron chi connectivity index (χ0n) is 14.6. The molecule has 4 amide bonds. The minimum absolute atomic E-state index is 0.0958. The number of hydrogen-bond donors (Lipinski definition) is 7. The second-order valence-corrected chi connectivity index (χ2v) is 6.39. The fourth-order valence-electron chi connectivity index (χ4n) is 1.95. The van der Waals surface area contributed by atoms with Crippen LogP contribution in [0.15, 0.2) is 0 Å². The molecule has 0 radical (unpaired) electrons. The van der Waals surface area contributed by atoms with Crippen LogP contribution in [0.3, 0.4) is 0 Å². The molecule has 0 saturated carbocycles. The summed E-state index contributed by atoms with van der Waals surface area (Å²) in [7, 11) is 0. The molecule has 0 bridgehead atoms. The van der Waals surface area contributed by atoms with Crippen LogP contribution in [0.4, 0.5) is 0 Å². The molecule has 150 valence electrons. The molecule has 0 heterocycles. The summed E-state index contributed by atoms with van der Waals surface area (Å²) in [6.07, 6.45) is -1.68. The number of nitrogens with one attached hydrogen (secondary N) is 2.